The highest BCUT2D eigenvalue weighted by Gasteiger charge is 2.40. The molecule has 0 aromatic heterocycles. The quantitative estimate of drug-likeness (QED) is 0.635. The Morgan fingerprint density at radius 1 is 1.26 bits per heavy atom. The lowest BCUT2D eigenvalue weighted by Gasteiger charge is -2.43. The van der Waals surface area contributed by atoms with E-state index >= 15 is 0 Å². The maximum absolute atomic E-state index is 12.3. The summed E-state index contributed by atoms with van der Waals surface area (Å²) in [7, 11) is 0. The SMILES string of the molecule is Cl.NC1C2CCCC1CC(C(=O)NCCN1C(=O)CNC1=O)C2. The molecule has 1 aliphatic heterocycles. The number of hydrogen-bond donors (Lipinski definition) is 3. The monoisotopic (exact) mass is 344 g/mol. The van der Waals surface area contributed by atoms with Crippen LogP contribution in [0.5, 0.6) is 0 Å². The van der Waals surface area contributed by atoms with Gasteiger partial charge in [-0.05, 0) is 37.5 Å². The van der Waals surface area contributed by atoms with Crippen LogP contribution in [0.25, 0.3) is 0 Å². The van der Waals surface area contributed by atoms with Gasteiger partial charge in [-0.3, -0.25) is 14.5 Å². The van der Waals surface area contributed by atoms with E-state index in [1.165, 1.54) is 6.42 Å². The van der Waals surface area contributed by atoms with E-state index in [4.69, 9.17) is 5.73 Å². The molecule has 3 rings (SSSR count). The third-order valence-corrected chi connectivity index (χ3v) is 5.36. The van der Waals surface area contributed by atoms with Crippen molar-refractivity contribution in [3.8, 4) is 0 Å². The summed E-state index contributed by atoms with van der Waals surface area (Å²) in [5.41, 5.74) is 6.24. The molecular weight excluding hydrogens is 320 g/mol. The Hall–Kier alpha value is -1.34. The van der Waals surface area contributed by atoms with Gasteiger partial charge in [0.05, 0.1) is 6.54 Å². The Balaban J connectivity index is 0.00000192. The lowest BCUT2D eigenvalue weighted by molar-refractivity contribution is -0.129. The van der Waals surface area contributed by atoms with E-state index in [1.54, 1.807) is 0 Å². The largest absolute Gasteiger partial charge is 0.354 e. The zero-order chi connectivity index (χ0) is 15.7. The van der Waals surface area contributed by atoms with Crippen LogP contribution >= 0.6 is 12.4 Å². The van der Waals surface area contributed by atoms with E-state index in [-0.39, 0.29) is 55.3 Å². The minimum absolute atomic E-state index is 0. The molecule has 2 unspecified atom stereocenters. The van der Waals surface area contributed by atoms with Crippen LogP contribution in [-0.2, 0) is 9.59 Å². The molecule has 23 heavy (non-hydrogen) atoms. The standard InChI is InChI=1S/C15H24N4O3.ClH/c16-13-9-2-1-3-10(13)7-11(6-9)14(21)17-4-5-19-12(20)8-18-15(19)22;/h9-11,13H,1-8,16H2,(H,17,21)(H,18,22);1H. The number of fused-ring (bicyclic) bond motifs is 2. The predicted octanol–water partition coefficient (Wildman–Crippen LogP) is 0.230. The van der Waals surface area contributed by atoms with Crippen LogP contribution in [0.3, 0.4) is 0 Å². The fraction of sp³-hybridized carbons (Fsp3) is 0.800. The van der Waals surface area contributed by atoms with Crippen molar-refractivity contribution >= 4 is 30.3 Å². The van der Waals surface area contributed by atoms with Crippen molar-refractivity contribution in [3.63, 3.8) is 0 Å². The second-order valence-electron chi connectivity index (χ2n) is 6.69. The van der Waals surface area contributed by atoms with Crippen molar-refractivity contribution < 1.29 is 14.4 Å². The molecule has 2 atom stereocenters. The van der Waals surface area contributed by atoms with E-state index in [1.807, 2.05) is 0 Å². The van der Waals surface area contributed by atoms with Crippen LogP contribution in [-0.4, -0.2) is 48.4 Å². The molecule has 0 aromatic rings. The molecular formula is C15H25ClN4O3. The Bertz CT molecular complexity index is 457. The number of halogens is 1. The van der Waals surface area contributed by atoms with Gasteiger partial charge in [0.1, 0.15) is 0 Å². The highest BCUT2D eigenvalue weighted by Crippen LogP contribution is 2.41. The first-order valence-corrected chi connectivity index (χ1v) is 8.17. The van der Waals surface area contributed by atoms with Gasteiger partial charge in [0.2, 0.25) is 11.8 Å². The van der Waals surface area contributed by atoms with Crippen LogP contribution in [0.15, 0.2) is 0 Å². The number of nitrogens with one attached hydrogen (secondary N) is 2. The van der Waals surface area contributed by atoms with Crippen molar-refractivity contribution in [1.29, 1.82) is 0 Å². The summed E-state index contributed by atoms with van der Waals surface area (Å²) in [6, 6.07) is -0.124. The molecule has 1 heterocycles. The fourth-order valence-electron chi connectivity index (χ4n) is 4.12. The molecule has 4 N–H and O–H groups in total. The number of rotatable bonds is 4. The van der Waals surface area contributed by atoms with Crippen molar-refractivity contribution in [2.75, 3.05) is 19.6 Å². The zero-order valence-corrected chi connectivity index (χ0v) is 13.9. The molecule has 2 aliphatic carbocycles. The number of imide groups is 1. The highest BCUT2D eigenvalue weighted by molar-refractivity contribution is 6.01. The fourth-order valence-corrected chi connectivity index (χ4v) is 4.12. The van der Waals surface area contributed by atoms with Gasteiger partial charge in [0, 0.05) is 25.0 Å². The molecule has 0 spiro atoms. The van der Waals surface area contributed by atoms with Gasteiger partial charge in [-0.15, -0.1) is 12.4 Å². The van der Waals surface area contributed by atoms with Crippen LogP contribution in [0, 0.1) is 17.8 Å². The van der Waals surface area contributed by atoms with Gasteiger partial charge in [0.15, 0.2) is 0 Å². The number of carbonyl (C=O) groups excluding carboxylic acids is 3. The predicted molar refractivity (Wildman–Crippen MR) is 86.9 cm³/mol. The maximum Gasteiger partial charge on any atom is 0.324 e. The van der Waals surface area contributed by atoms with Gasteiger partial charge < -0.3 is 16.4 Å². The first-order valence-electron chi connectivity index (χ1n) is 8.17. The normalized spacial score (nSPS) is 33.0. The van der Waals surface area contributed by atoms with Gasteiger partial charge in [-0.1, -0.05) is 6.42 Å². The van der Waals surface area contributed by atoms with Gasteiger partial charge in [-0.2, -0.15) is 0 Å². The molecule has 0 radical (unpaired) electrons. The first kappa shape index (κ1) is 18.0. The topological polar surface area (TPSA) is 105 Å². The molecule has 0 aromatic carbocycles. The molecule has 7 nitrogen and oxygen atoms in total. The average Bonchev–Trinajstić information content (AvgIpc) is 2.78. The number of carbonyl (C=O) groups is 3. The molecule has 8 heteroatoms. The van der Waals surface area contributed by atoms with Crippen molar-refractivity contribution in [2.45, 2.75) is 38.1 Å². The highest BCUT2D eigenvalue weighted by atomic mass is 35.5. The lowest BCUT2D eigenvalue weighted by Crippen LogP contribution is -2.49. The molecule has 4 amide bonds. The second-order valence-corrected chi connectivity index (χ2v) is 6.69. The van der Waals surface area contributed by atoms with Crippen LogP contribution in [0.1, 0.15) is 32.1 Å². The molecule has 2 bridgehead atoms. The summed E-state index contributed by atoms with van der Waals surface area (Å²) in [4.78, 5) is 36.3. The summed E-state index contributed by atoms with van der Waals surface area (Å²) in [6.07, 6.45) is 5.22. The Morgan fingerprint density at radius 3 is 2.48 bits per heavy atom. The average molecular weight is 345 g/mol. The van der Waals surface area contributed by atoms with E-state index < -0.39 is 0 Å². The number of amides is 4. The van der Waals surface area contributed by atoms with Crippen LogP contribution < -0.4 is 16.4 Å². The number of hydrogen-bond acceptors (Lipinski definition) is 4. The third kappa shape index (κ3) is 3.77. The Kier molecular flexibility index (Phi) is 5.86. The first-order chi connectivity index (χ1) is 10.6. The van der Waals surface area contributed by atoms with Crippen LogP contribution in [0.4, 0.5) is 4.79 Å². The minimum atomic E-state index is -0.377. The molecule has 3 aliphatic rings. The Morgan fingerprint density at radius 2 is 1.91 bits per heavy atom. The summed E-state index contributed by atoms with van der Waals surface area (Å²) in [6.45, 7) is 0.599. The summed E-state index contributed by atoms with van der Waals surface area (Å²) < 4.78 is 0. The molecule has 130 valence electrons. The van der Waals surface area contributed by atoms with E-state index in [0.29, 0.717) is 18.4 Å². The van der Waals surface area contributed by atoms with Gasteiger partial charge in [-0.25, -0.2) is 4.79 Å². The zero-order valence-electron chi connectivity index (χ0n) is 13.1. The second kappa shape index (κ2) is 7.49. The summed E-state index contributed by atoms with van der Waals surface area (Å²) in [5, 5.41) is 5.33. The van der Waals surface area contributed by atoms with E-state index in [2.05, 4.69) is 10.6 Å². The van der Waals surface area contributed by atoms with E-state index in [0.717, 1.165) is 30.6 Å². The Labute approximate surface area is 142 Å². The molecule has 2 saturated carbocycles. The van der Waals surface area contributed by atoms with Gasteiger partial charge >= 0.3 is 6.03 Å². The number of nitrogens with zero attached hydrogens (tertiary/aromatic N) is 1. The number of urea groups is 1. The molecule has 1 saturated heterocycles. The van der Waals surface area contributed by atoms with Crippen LogP contribution in [0.2, 0.25) is 0 Å². The van der Waals surface area contributed by atoms with Crippen molar-refractivity contribution in [2.24, 2.45) is 23.5 Å². The van der Waals surface area contributed by atoms with E-state index in [9.17, 15) is 14.4 Å². The van der Waals surface area contributed by atoms with Gasteiger partial charge in [0.25, 0.3) is 0 Å². The smallest absolute Gasteiger partial charge is 0.324 e. The maximum atomic E-state index is 12.3. The summed E-state index contributed by atoms with van der Waals surface area (Å²) in [5.74, 6) is 0.759. The van der Waals surface area contributed by atoms with Crippen molar-refractivity contribution in [3.05, 3.63) is 0 Å². The summed E-state index contributed by atoms with van der Waals surface area (Å²) >= 11 is 0. The van der Waals surface area contributed by atoms with Crippen molar-refractivity contribution in [1.82, 2.24) is 15.5 Å². The minimum Gasteiger partial charge on any atom is -0.354 e. The molecule has 3 fully saturated rings. The number of nitrogens with two attached hydrogens (primary N) is 1. The lowest BCUT2D eigenvalue weighted by atomic mass is 9.65. The third-order valence-electron chi connectivity index (χ3n) is 5.36.